The number of nitro groups is 1. The summed E-state index contributed by atoms with van der Waals surface area (Å²) in [4.78, 5) is 22.2. The Hall–Kier alpha value is -3.42. The van der Waals surface area contributed by atoms with E-state index in [1.807, 2.05) is 6.92 Å². The Morgan fingerprint density at radius 1 is 1.27 bits per heavy atom. The molecule has 1 N–H and O–H groups in total. The molecule has 0 bridgehead atoms. The number of ether oxygens (including phenoxy) is 2. The van der Waals surface area contributed by atoms with Crippen LogP contribution < -0.4 is 14.9 Å². The second-order valence-corrected chi connectivity index (χ2v) is 5.27. The molecule has 0 heterocycles. The second kappa shape index (κ2) is 9.16. The van der Waals surface area contributed by atoms with E-state index in [1.54, 1.807) is 25.3 Å². The normalized spacial score (nSPS) is 10.5. The number of carbonyl (C=O) groups is 1. The van der Waals surface area contributed by atoms with Crippen LogP contribution in [0, 0.1) is 10.1 Å². The Morgan fingerprint density at radius 2 is 2.08 bits per heavy atom. The molecule has 1 amide bonds. The Kier molecular flexibility index (Phi) is 6.67. The molecule has 2 rings (SSSR count). The maximum Gasteiger partial charge on any atom is 0.271 e. The lowest BCUT2D eigenvalue weighted by molar-refractivity contribution is -0.384. The van der Waals surface area contributed by atoms with Crippen molar-refractivity contribution in [1.29, 1.82) is 0 Å². The van der Waals surface area contributed by atoms with Gasteiger partial charge in [-0.25, -0.2) is 5.43 Å². The first-order chi connectivity index (χ1) is 12.5. The van der Waals surface area contributed by atoms with Gasteiger partial charge in [0, 0.05) is 17.7 Å². The van der Waals surface area contributed by atoms with Crippen LogP contribution in [0.1, 0.15) is 29.3 Å². The average molecular weight is 357 g/mol. The van der Waals surface area contributed by atoms with Crippen LogP contribution in [0.3, 0.4) is 0 Å². The predicted molar refractivity (Wildman–Crippen MR) is 96.9 cm³/mol. The monoisotopic (exact) mass is 357 g/mol. The van der Waals surface area contributed by atoms with Gasteiger partial charge in [-0.15, -0.1) is 0 Å². The molecule has 2 aromatic carbocycles. The summed E-state index contributed by atoms with van der Waals surface area (Å²) >= 11 is 0. The highest BCUT2D eigenvalue weighted by Crippen LogP contribution is 2.27. The highest BCUT2D eigenvalue weighted by molar-refractivity contribution is 5.95. The molecule has 0 spiro atoms. The lowest BCUT2D eigenvalue weighted by atomic mass is 10.2. The number of methoxy groups -OCH3 is 1. The third-order valence-corrected chi connectivity index (χ3v) is 3.35. The molecule has 0 radical (unpaired) electrons. The van der Waals surface area contributed by atoms with Crippen molar-refractivity contribution in [1.82, 2.24) is 5.43 Å². The van der Waals surface area contributed by atoms with Gasteiger partial charge < -0.3 is 9.47 Å². The number of rotatable bonds is 8. The van der Waals surface area contributed by atoms with Crippen molar-refractivity contribution < 1.29 is 19.2 Å². The fraction of sp³-hybridized carbons (Fsp3) is 0.222. The molecule has 2 aromatic rings. The number of hydrogen-bond acceptors (Lipinski definition) is 6. The van der Waals surface area contributed by atoms with E-state index < -0.39 is 10.8 Å². The number of carbonyl (C=O) groups excluding carboxylic acids is 1. The highest BCUT2D eigenvalue weighted by atomic mass is 16.6. The lowest BCUT2D eigenvalue weighted by Gasteiger charge is -2.10. The highest BCUT2D eigenvalue weighted by Gasteiger charge is 2.10. The van der Waals surface area contributed by atoms with Gasteiger partial charge in [-0.2, -0.15) is 5.10 Å². The Morgan fingerprint density at radius 3 is 2.77 bits per heavy atom. The number of nitrogens with zero attached hydrogens (tertiary/aromatic N) is 2. The third kappa shape index (κ3) is 5.04. The number of nitrogens with one attached hydrogen (secondary N) is 1. The molecular weight excluding hydrogens is 338 g/mol. The first-order valence-electron chi connectivity index (χ1n) is 7.94. The molecule has 0 aliphatic carbocycles. The number of hydrogen-bond donors (Lipinski definition) is 1. The maximum absolute atomic E-state index is 12.0. The van der Waals surface area contributed by atoms with Crippen molar-refractivity contribution in [3.63, 3.8) is 0 Å². The fourth-order valence-corrected chi connectivity index (χ4v) is 2.09. The summed E-state index contributed by atoms with van der Waals surface area (Å²) in [5.74, 6) is 0.652. The molecular formula is C18H19N3O5. The van der Waals surface area contributed by atoms with Crippen molar-refractivity contribution in [3.05, 3.63) is 63.7 Å². The van der Waals surface area contributed by atoms with Crippen LogP contribution in [0.25, 0.3) is 0 Å². The maximum atomic E-state index is 12.0. The molecule has 0 atom stereocenters. The van der Waals surface area contributed by atoms with Gasteiger partial charge in [0.15, 0.2) is 11.5 Å². The zero-order valence-corrected chi connectivity index (χ0v) is 14.5. The van der Waals surface area contributed by atoms with Crippen LogP contribution in [0.15, 0.2) is 47.6 Å². The predicted octanol–water partition coefficient (Wildman–Crippen LogP) is 3.16. The van der Waals surface area contributed by atoms with E-state index in [0.717, 1.165) is 6.42 Å². The number of nitro benzene ring substituents is 1. The smallest absolute Gasteiger partial charge is 0.271 e. The Labute approximate surface area is 150 Å². The standard InChI is InChI=1S/C18H19N3O5/c1-3-9-26-16-8-7-13(10-17(16)25-2)12-19-20-18(22)14-5-4-6-15(11-14)21(23)24/h4-8,10-12H,3,9H2,1-2H3,(H,20,22). The quantitative estimate of drug-likeness (QED) is 0.444. The van der Waals surface area contributed by atoms with E-state index in [0.29, 0.717) is 23.7 Å². The topological polar surface area (TPSA) is 103 Å². The van der Waals surface area contributed by atoms with Crippen LogP contribution in [-0.2, 0) is 0 Å². The van der Waals surface area contributed by atoms with E-state index in [1.165, 1.54) is 30.5 Å². The van der Waals surface area contributed by atoms with Crippen LogP contribution in [-0.4, -0.2) is 30.8 Å². The molecule has 0 aromatic heterocycles. The first kappa shape index (κ1) is 18.9. The van der Waals surface area contributed by atoms with Gasteiger partial charge in [0.25, 0.3) is 11.6 Å². The van der Waals surface area contributed by atoms with Crippen molar-refractivity contribution in [2.45, 2.75) is 13.3 Å². The first-order valence-corrected chi connectivity index (χ1v) is 7.94. The van der Waals surface area contributed by atoms with E-state index >= 15 is 0 Å². The molecule has 0 fully saturated rings. The Bertz CT molecular complexity index is 820. The molecule has 26 heavy (non-hydrogen) atoms. The zero-order valence-electron chi connectivity index (χ0n) is 14.5. The van der Waals surface area contributed by atoms with Crippen LogP contribution in [0.2, 0.25) is 0 Å². The van der Waals surface area contributed by atoms with Gasteiger partial charge in [-0.3, -0.25) is 14.9 Å². The summed E-state index contributed by atoms with van der Waals surface area (Å²) in [6, 6.07) is 10.7. The molecule has 8 nitrogen and oxygen atoms in total. The summed E-state index contributed by atoms with van der Waals surface area (Å²) in [7, 11) is 1.54. The number of non-ortho nitro benzene ring substituents is 1. The SMILES string of the molecule is CCCOc1ccc(C=NNC(=O)c2cccc([N+](=O)[O-])c2)cc1OC. The minimum atomic E-state index is -0.561. The molecule has 0 saturated carbocycles. The van der Waals surface area contributed by atoms with E-state index in [-0.39, 0.29) is 11.3 Å². The van der Waals surface area contributed by atoms with Crippen molar-refractivity contribution in [2.24, 2.45) is 5.10 Å². The average Bonchev–Trinajstić information content (AvgIpc) is 2.66. The largest absolute Gasteiger partial charge is 0.493 e. The molecule has 0 aliphatic heterocycles. The van der Waals surface area contributed by atoms with Gasteiger partial charge in [0.1, 0.15) is 0 Å². The zero-order chi connectivity index (χ0) is 18.9. The molecule has 0 saturated heterocycles. The Balaban J connectivity index is 2.04. The number of hydrazone groups is 1. The van der Waals surface area contributed by atoms with Gasteiger partial charge in [-0.05, 0) is 36.2 Å². The van der Waals surface area contributed by atoms with Crippen molar-refractivity contribution in [2.75, 3.05) is 13.7 Å². The van der Waals surface area contributed by atoms with E-state index in [2.05, 4.69) is 10.5 Å². The van der Waals surface area contributed by atoms with E-state index in [4.69, 9.17) is 9.47 Å². The molecule has 8 heteroatoms. The minimum absolute atomic E-state index is 0.150. The number of benzene rings is 2. The van der Waals surface area contributed by atoms with Crippen LogP contribution >= 0.6 is 0 Å². The summed E-state index contributed by atoms with van der Waals surface area (Å²) in [5.41, 5.74) is 3.03. The minimum Gasteiger partial charge on any atom is -0.493 e. The summed E-state index contributed by atoms with van der Waals surface area (Å²) < 4.78 is 10.8. The van der Waals surface area contributed by atoms with Crippen molar-refractivity contribution in [3.8, 4) is 11.5 Å². The third-order valence-electron chi connectivity index (χ3n) is 3.35. The van der Waals surface area contributed by atoms with Gasteiger partial charge in [0.05, 0.1) is 24.9 Å². The lowest BCUT2D eigenvalue weighted by Crippen LogP contribution is -2.17. The fourth-order valence-electron chi connectivity index (χ4n) is 2.09. The number of amides is 1. The van der Waals surface area contributed by atoms with Crippen molar-refractivity contribution >= 4 is 17.8 Å². The summed E-state index contributed by atoms with van der Waals surface area (Å²) in [6.45, 7) is 2.60. The summed E-state index contributed by atoms with van der Waals surface area (Å²) in [6.07, 6.45) is 2.33. The van der Waals surface area contributed by atoms with Gasteiger partial charge in [-0.1, -0.05) is 13.0 Å². The van der Waals surface area contributed by atoms with Crippen LogP contribution in [0.5, 0.6) is 11.5 Å². The molecule has 0 unspecified atom stereocenters. The van der Waals surface area contributed by atoms with Gasteiger partial charge in [0.2, 0.25) is 0 Å². The molecule has 136 valence electrons. The second-order valence-electron chi connectivity index (χ2n) is 5.27. The van der Waals surface area contributed by atoms with E-state index in [9.17, 15) is 14.9 Å². The summed E-state index contributed by atoms with van der Waals surface area (Å²) in [5, 5.41) is 14.6. The molecule has 0 aliphatic rings. The van der Waals surface area contributed by atoms with Crippen LogP contribution in [0.4, 0.5) is 5.69 Å². The van der Waals surface area contributed by atoms with Gasteiger partial charge >= 0.3 is 0 Å².